The Morgan fingerprint density at radius 2 is 1.55 bits per heavy atom. The van der Waals surface area contributed by atoms with Crippen molar-refractivity contribution >= 4 is 28.9 Å². The van der Waals surface area contributed by atoms with Crippen molar-refractivity contribution in [3.05, 3.63) is 54.6 Å². The summed E-state index contributed by atoms with van der Waals surface area (Å²) in [5.41, 5.74) is 2.90. The number of carbonyl (C=O) groups is 2. The van der Waals surface area contributed by atoms with Gasteiger partial charge in [-0.1, -0.05) is 18.2 Å². The molecule has 2 aliphatic rings. The Balaban J connectivity index is 1.42. The predicted molar refractivity (Wildman–Crippen MR) is 116 cm³/mol. The monoisotopic (exact) mass is 392 g/mol. The summed E-state index contributed by atoms with van der Waals surface area (Å²) in [4.78, 5) is 33.6. The maximum Gasteiger partial charge on any atom is 0.232 e. The summed E-state index contributed by atoms with van der Waals surface area (Å²) >= 11 is 0. The maximum absolute atomic E-state index is 12.9. The molecule has 2 aliphatic heterocycles. The molecule has 2 aromatic carbocycles. The Morgan fingerprint density at radius 3 is 2.21 bits per heavy atom. The van der Waals surface area contributed by atoms with E-state index in [2.05, 4.69) is 29.0 Å². The van der Waals surface area contributed by atoms with Crippen LogP contribution in [0.2, 0.25) is 0 Å². The van der Waals surface area contributed by atoms with E-state index in [1.54, 1.807) is 16.8 Å². The van der Waals surface area contributed by atoms with Crippen molar-refractivity contribution in [1.29, 1.82) is 0 Å². The van der Waals surface area contributed by atoms with Crippen molar-refractivity contribution < 1.29 is 9.59 Å². The van der Waals surface area contributed by atoms with Crippen molar-refractivity contribution in [2.24, 2.45) is 5.92 Å². The van der Waals surface area contributed by atoms with Crippen molar-refractivity contribution in [2.45, 2.75) is 6.42 Å². The highest BCUT2D eigenvalue weighted by Crippen LogP contribution is 2.29. The van der Waals surface area contributed by atoms with Crippen LogP contribution in [0.25, 0.3) is 0 Å². The van der Waals surface area contributed by atoms with E-state index in [1.165, 1.54) is 5.69 Å². The molecule has 2 amide bonds. The van der Waals surface area contributed by atoms with Gasteiger partial charge in [-0.05, 0) is 43.4 Å². The number of piperazine rings is 1. The first-order valence-corrected chi connectivity index (χ1v) is 10.2. The van der Waals surface area contributed by atoms with Gasteiger partial charge in [0, 0.05) is 63.3 Å². The van der Waals surface area contributed by atoms with Gasteiger partial charge in [0.2, 0.25) is 11.8 Å². The average Bonchev–Trinajstić information content (AvgIpc) is 3.15. The minimum absolute atomic E-state index is 0.0113. The second-order valence-electron chi connectivity index (χ2n) is 7.94. The molecule has 152 valence electrons. The van der Waals surface area contributed by atoms with Crippen LogP contribution in [0, 0.1) is 5.92 Å². The fourth-order valence-electron chi connectivity index (χ4n) is 4.08. The van der Waals surface area contributed by atoms with Crippen molar-refractivity contribution in [3.63, 3.8) is 0 Å². The lowest BCUT2D eigenvalue weighted by molar-refractivity contribution is -0.124. The SMILES string of the molecule is CN1CCN(c2ccc(N3CC(C(=O)N(C)c4ccccc4)CC3=O)cc2)CC1. The zero-order valence-electron chi connectivity index (χ0n) is 17.1. The van der Waals surface area contributed by atoms with E-state index < -0.39 is 0 Å². The van der Waals surface area contributed by atoms with Crippen LogP contribution in [0.15, 0.2) is 54.6 Å². The van der Waals surface area contributed by atoms with Gasteiger partial charge in [0.25, 0.3) is 0 Å². The molecule has 4 rings (SSSR count). The topological polar surface area (TPSA) is 47.1 Å². The zero-order chi connectivity index (χ0) is 20.4. The quantitative estimate of drug-likeness (QED) is 0.802. The number of hydrogen-bond acceptors (Lipinski definition) is 4. The van der Waals surface area contributed by atoms with Gasteiger partial charge in [0.05, 0.1) is 5.92 Å². The lowest BCUT2D eigenvalue weighted by Gasteiger charge is -2.34. The van der Waals surface area contributed by atoms with E-state index in [1.807, 2.05) is 42.5 Å². The molecule has 2 aromatic rings. The first-order chi connectivity index (χ1) is 14.0. The second kappa shape index (κ2) is 8.25. The van der Waals surface area contributed by atoms with Gasteiger partial charge in [-0.2, -0.15) is 0 Å². The fourth-order valence-corrected chi connectivity index (χ4v) is 4.08. The Morgan fingerprint density at radius 1 is 0.931 bits per heavy atom. The average molecular weight is 393 g/mol. The third kappa shape index (κ3) is 4.12. The molecule has 2 saturated heterocycles. The van der Waals surface area contributed by atoms with Crippen LogP contribution in [0.3, 0.4) is 0 Å². The van der Waals surface area contributed by atoms with E-state index in [0.717, 1.165) is 37.6 Å². The Kier molecular flexibility index (Phi) is 5.53. The van der Waals surface area contributed by atoms with E-state index in [0.29, 0.717) is 6.54 Å². The summed E-state index contributed by atoms with van der Waals surface area (Å²) in [6, 6.07) is 17.7. The van der Waals surface area contributed by atoms with E-state index in [-0.39, 0.29) is 24.2 Å². The van der Waals surface area contributed by atoms with E-state index in [9.17, 15) is 9.59 Å². The van der Waals surface area contributed by atoms with Crippen molar-refractivity contribution in [2.75, 3.05) is 61.5 Å². The number of benzene rings is 2. The van der Waals surface area contributed by atoms with Crippen LogP contribution in [-0.4, -0.2) is 63.5 Å². The van der Waals surface area contributed by atoms with E-state index >= 15 is 0 Å². The van der Waals surface area contributed by atoms with Crippen LogP contribution in [0.5, 0.6) is 0 Å². The third-order valence-corrected chi connectivity index (χ3v) is 5.98. The molecule has 2 fully saturated rings. The molecule has 0 aliphatic carbocycles. The van der Waals surface area contributed by atoms with Gasteiger partial charge in [-0.15, -0.1) is 0 Å². The number of anilines is 3. The van der Waals surface area contributed by atoms with Gasteiger partial charge >= 0.3 is 0 Å². The Bertz CT molecular complexity index is 860. The van der Waals surface area contributed by atoms with Gasteiger partial charge < -0.3 is 19.6 Å². The highest BCUT2D eigenvalue weighted by atomic mass is 16.2. The van der Waals surface area contributed by atoms with Crippen LogP contribution < -0.4 is 14.7 Å². The summed E-state index contributed by atoms with van der Waals surface area (Å²) < 4.78 is 0. The molecule has 1 atom stereocenters. The van der Waals surface area contributed by atoms with Gasteiger partial charge in [-0.25, -0.2) is 0 Å². The smallest absolute Gasteiger partial charge is 0.232 e. The van der Waals surface area contributed by atoms with Gasteiger partial charge in [0.1, 0.15) is 0 Å². The molecule has 0 aromatic heterocycles. The maximum atomic E-state index is 12.9. The summed E-state index contributed by atoms with van der Waals surface area (Å²) in [5, 5.41) is 0. The number of hydrogen-bond donors (Lipinski definition) is 0. The third-order valence-electron chi connectivity index (χ3n) is 5.98. The predicted octanol–water partition coefficient (Wildman–Crippen LogP) is 2.45. The molecule has 0 radical (unpaired) electrons. The first-order valence-electron chi connectivity index (χ1n) is 10.2. The van der Waals surface area contributed by atoms with Crippen molar-refractivity contribution in [1.82, 2.24) is 4.90 Å². The molecular formula is C23H28N4O2. The van der Waals surface area contributed by atoms with Crippen molar-refractivity contribution in [3.8, 4) is 0 Å². The second-order valence-corrected chi connectivity index (χ2v) is 7.94. The normalized spacial score (nSPS) is 20.2. The Hall–Kier alpha value is -2.86. The van der Waals surface area contributed by atoms with Gasteiger partial charge in [-0.3, -0.25) is 9.59 Å². The highest BCUT2D eigenvalue weighted by molar-refractivity contribution is 6.04. The summed E-state index contributed by atoms with van der Waals surface area (Å²) in [7, 11) is 3.92. The summed E-state index contributed by atoms with van der Waals surface area (Å²) in [6.45, 7) is 4.58. The molecule has 0 N–H and O–H groups in total. The molecule has 6 nitrogen and oxygen atoms in total. The number of rotatable bonds is 4. The van der Waals surface area contributed by atoms with Gasteiger partial charge in [0.15, 0.2) is 0 Å². The number of para-hydroxylation sites is 1. The lowest BCUT2D eigenvalue weighted by atomic mass is 10.1. The summed E-state index contributed by atoms with van der Waals surface area (Å²) in [5.74, 6) is -0.316. The molecule has 6 heteroatoms. The molecular weight excluding hydrogens is 364 g/mol. The van der Waals surface area contributed by atoms with Crippen LogP contribution in [-0.2, 0) is 9.59 Å². The largest absolute Gasteiger partial charge is 0.369 e. The standard InChI is InChI=1S/C23H28N4O2/c1-24-12-14-26(15-13-24)20-8-10-21(11-9-20)27-17-18(16-22(27)28)23(29)25(2)19-6-4-3-5-7-19/h3-11,18H,12-17H2,1-2H3. The Labute approximate surface area is 172 Å². The molecule has 1 unspecified atom stereocenters. The minimum Gasteiger partial charge on any atom is -0.369 e. The molecule has 29 heavy (non-hydrogen) atoms. The number of amides is 2. The molecule has 2 heterocycles. The zero-order valence-corrected chi connectivity index (χ0v) is 17.1. The molecule has 0 bridgehead atoms. The van der Waals surface area contributed by atoms with Crippen LogP contribution in [0.4, 0.5) is 17.1 Å². The molecule has 0 saturated carbocycles. The first kappa shape index (κ1) is 19.5. The highest BCUT2D eigenvalue weighted by Gasteiger charge is 2.36. The minimum atomic E-state index is -0.315. The van der Waals surface area contributed by atoms with Crippen LogP contribution in [0.1, 0.15) is 6.42 Å². The number of carbonyl (C=O) groups excluding carboxylic acids is 2. The fraction of sp³-hybridized carbons (Fsp3) is 0.391. The number of likely N-dealkylation sites (N-methyl/N-ethyl adjacent to an activating group) is 1. The van der Waals surface area contributed by atoms with Crippen LogP contribution >= 0.6 is 0 Å². The lowest BCUT2D eigenvalue weighted by Crippen LogP contribution is -2.44. The number of nitrogens with zero attached hydrogens (tertiary/aromatic N) is 4. The van der Waals surface area contributed by atoms with E-state index in [4.69, 9.17) is 0 Å². The molecule has 0 spiro atoms. The summed E-state index contributed by atoms with van der Waals surface area (Å²) in [6.07, 6.45) is 0.260.